The van der Waals surface area contributed by atoms with E-state index in [1.165, 1.54) is 6.20 Å². The molecule has 38 valence electrons. The molecule has 0 saturated carbocycles. The Balaban J connectivity index is 2.61. The SMILES string of the molecule is OC1=CN=C(O)C1. The van der Waals surface area contributed by atoms with Gasteiger partial charge in [-0.2, -0.15) is 0 Å². The number of rotatable bonds is 0. The minimum Gasteiger partial charge on any atom is -0.510 e. The first-order valence-electron chi connectivity index (χ1n) is 1.92. The van der Waals surface area contributed by atoms with Crippen molar-refractivity contribution in [3.8, 4) is 0 Å². The molecule has 3 nitrogen and oxygen atoms in total. The van der Waals surface area contributed by atoms with E-state index in [1.54, 1.807) is 0 Å². The van der Waals surface area contributed by atoms with Crippen molar-refractivity contribution in [3.05, 3.63) is 12.0 Å². The van der Waals surface area contributed by atoms with Crippen molar-refractivity contribution in [2.75, 3.05) is 0 Å². The predicted octanol–water partition coefficient (Wildman–Crippen LogP) is 0.746. The molecule has 0 unspecified atom stereocenters. The molecule has 1 heterocycles. The molecule has 1 aliphatic heterocycles. The highest BCUT2D eigenvalue weighted by molar-refractivity contribution is 5.78. The molecule has 0 aliphatic carbocycles. The Morgan fingerprint density at radius 1 is 1.57 bits per heavy atom. The maximum atomic E-state index is 8.49. The summed E-state index contributed by atoms with van der Waals surface area (Å²) in [6.45, 7) is 0. The molecule has 0 saturated heterocycles. The molecule has 0 radical (unpaired) electrons. The van der Waals surface area contributed by atoms with Crippen LogP contribution in [0, 0.1) is 0 Å². The zero-order chi connectivity index (χ0) is 5.28. The summed E-state index contributed by atoms with van der Waals surface area (Å²) in [7, 11) is 0. The number of nitrogens with zero attached hydrogens (tertiary/aromatic N) is 1. The normalized spacial score (nSPS) is 18.9. The lowest BCUT2D eigenvalue weighted by Crippen LogP contribution is -1.89. The molecule has 0 spiro atoms. The highest BCUT2D eigenvalue weighted by atomic mass is 16.3. The third-order valence-electron chi connectivity index (χ3n) is 0.702. The van der Waals surface area contributed by atoms with Crippen molar-refractivity contribution in [1.29, 1.82) is 0 Å². The first-order chi connectivity index (χ1) is 3.29. The Labute approximate surface area is 40.6 Å². The van der Waals surface area contributed by atoms with E-state index in [0.29, 0.717) is 0 Å². The molecular weight excluding hydrogens is 94.0 g/mol. The van der Waals surface area contributed by atoms with Crippen molar-refractivity contribution >= 4 is 5.90 Å². The molecular formula is C4H5NO2. The summed E-state index contributed by atoms with van der Waals surface area (Å²) in [4.78, 5) is 3.38. The quantitative estimate of drug-likeness (QED) is 0.470. The van der Waals surface area contributed by atoms with Gasteiger partial charge in [0.25, 0.3) is 0 Å². The van der Waals surface area contributed by atoms with Gasteiger partial charge in [0.2, 0.25) is 0 Å². The molecule has 2 N–H and O–H groups in total. The smallest absolute Gasteiger partial charge is 0.193 e. The molecule has 0 atom stereocenters. The molecule has 0 aromatic heterocycles. The summed E-state index contributed by atoms with van der Waals surface area (Å²) in [6, 6.07) is 0. The lowest BCUT2D eigenvalue weighted by molar-refractivity contribution is 0.399. The summed E-state index contributed by atoms with van der Waals surface area (Å²) in [5, 5.41) is 16.9. The highest BCUT2D eigenvalue weighted by Crippen LogP contribution is 2.04. The van der Waals surface area contributed by atoms with E-state index in [9.17, 15) is 0 Å². The molecule has 0 aromatic carbocycles. The summed E-state index contributed by atoms with van der Waals surface area (Å²) in [6.07, 6.45) is 1.43. The zero-order valence-corrected chi connectivity index (χ0v) is 3.63. The largest absolute Gasteiger partial charge is 0.510 e. The van der Waals surface area contributed by atoms with Crippen LogP contribution in [0.3, 0.4) is 0 Å². The minimum absolute atomic E-state index is 0.0162. The van der Waals surface area contributed by atoms with Gasteiger partial charge >= 0.3 is 0 Å². The van der Waals surface area contributed by atoms with Gasteiger partial charge in [-0.3, -0.25) is 0 Å². The van der Waals surface area contributed by atoms with Crippen LogP contribution in [0.2, 0.25) is 0 Å². The van der Waals surface area contributed by atoms with Crippen LogP contribution in [0.5, 0.6) is 0 Å². The van der Waals surface area contributed by atoms with Crippen LogP contribution in [0.15, 0.2) is 17.0 Å². The van der Waals surface area contributed by atoms with E-state index in [2.05, 4.69) is 4.99 Å². The average molecular weight is 99.1 g/mol. The summed E-state index contributed by atoms with van der Waals surface area (Å²) >= 11 is 0. The lowest BCUT2D eigenvalue weighted by Gasteiger charge is -1.83. The third kappa shape index (κ3) is 0.707. The molecule has 0 fully saturated rings. The minimum atomic E-state index is -0.0162. The predicted molar refractivity (Wildman–Crippen MR) is 25.4 cm³/mol. The zero-order valence-electron chi connectivity index (χ0n) is 3.63. The molecule has 1 rings (SSSR count). The standard InChI is InChI=1S/C4H5NO2/c6-3-1-4(7)5-2-3/h2,6H,1H2,(H,5,7). The van der Waals surface area contributed by atoms with Crippen molar-refractivity contribution in [2.45, 2.75) is 6.42 Å². The second-order valence-corrected chi connectivity index (χ2v) is 1.34. The number of hydrogen-bond donors (Lipinski definition) is 2. The molecule has 0 aromatic rings. The first-order valence-corrected chi connectivity index (χ1v) is 1.92. The lowest BCUT2D eigenvalue weighted by atomic mass is 10.4. The second kappa shape index (κ2) is 1.26. The van der Waals surface area contributed by atoms with E-state index < -0.39 is 0 Å². The maximum absolute atomic E-state index is 8.49. The van der Waals surface area contributed by atoms with Crippen molar-refractivity contribution in [3.63, 3.8) is 0 Å². The molecule has 7 heavy (non-hydrogen) atoms. The number of aliphatic hydroxyl groups is 2. The molecule has 0 bridgehead atoms. The van der Waals surface area contributed by atoms with Gasteiger partial charge in [-0.05, 0) is 0 Å². The Hall–Kier alpha value is -0.990. The van der Waals surface area contributed by atoms with Crippen LogP contribution in [-0.2, 0) is 0 Å². The van der Waals surface area contributed by atoms with Crippen LogP contribution in [0.1, 0.15) is 6.42 Å². The van der Waals surface area contributed by atoms with Crippen molar-refractivity contribution in [2.24, 2.45) is 4.99 Å². The Morgan fingerprint density at radius 2 is 2.29 bits per heavy atom. The summed E-state index contributed by atoms with van der Waals surface area (Å²) in [5.41, 5.74) is 0. The number of hydrogen-bond acceptors (Lipinski definition) is 2. The monoisotopic (exact) mass is 99.0 g/mol. The van der Waals surface area contributed by atoms with Crippen LogP contribution >= 0.6 is 0 Å². The fraction of sp³-hybridized carbons (Fsp3) is 0.250. The third-order valence-corrected chi connectivity index (χ3v) is 0.702. The average Bonchev–Trinajstić information content (AvgIpc) is 1.87. The topological polar surface area (TPSA) is 52.8 Å². The number of aliphatic hydroxyl groups excluding tert-OH is 2. The van der Waals surface area contributed by atoms with Gasteiger partial charge in [-0.15, -0.1) is 0 Å². The molecule has 3 heteroatoms. The van der Waals surface area contributed by atoms with Gasteiger partial charge in [-0.25, -0.2) is 4.99 Å². The maximum Gasteiger partial charge on any atom is 0.193 e. The van der Waals surface area contributed by atoms with E-state index in [4.69, 9.17) is 10.2 Å². The van der Waals surface area contributed by atoms with Crippen LogP contribution in [0.4, 0.5) is 0 Å². The fourth-order valence-electron chi connectivity index (χ4n) is 0.402. The Kier molecular flexibility index (Phi) is 0.749. The molecule has 1 aliphatic rings. The number of aliphatic imine (C=N–C) groups is 1. The fourth-order valence-corrected chi connectivity index (χ4v) is 0.402. The van der Waals surface area contributed by atoms with Gasteiger partial charge in [0, 0.05) is 0 Å². The van der Waals surface area contributed by atoms with E-state index in [0.717, 1.165) is 0 Å². The van der Waals surface area contributed by atoms with E-state index in [1.807, 2.05) is 0 Å². The Morgan fingerprint density at radius 3 is 2.43 bits per heavy atom. The van der Waals surface area contributed by atoms with Crippen molar-refractivity contribution < 1.29 is 10.2 Å². The van der Waals surface area contributed by atoms with Crippen LogP contribution in [-0.4, -0.2) is 16.1 Å². The van der Waals surface area contributed by atoms with Gasteiger partial charge in [-0.1, -0.05) is 0 Å². The summed E-state index contributed by atoms with van der Waals surface area (Å²) < 4.78 is 0. The van der Waals surface area contributed by atoms with Gasteiger partial charge < -0.3 is 10.2 Å². The van der Waals surface area contributed by atoms with Crippen molar-refractivity contribution in [1.82, 2.24) is 0 Å². The second-order valence-electron chi connectivity index (χ2n) is 1.34. The van der Waals surface area contributed by atoms with Crippen LogP contribution < -0.4 is 0 Å². The van der Waals surface area contributed by atoms with E-state index in [-0.39, 0.29) is 18.1 Å². The molecule has 0 amide bonds. The van der Waals surface area contributed by atoms with Gasteiger partial charge in [0.15, 0.2) is 5.90 Å². The summed E-state index contributed by atoms with van der Waals surface area (Å²) in [5.74, 6) is 0.106. The van der Waals surface area contributed by atoms with Crippen LogP contribution in [0.25, 0.3) is 0 Å². The first kappa shape index (κ1) is 4.18. The van der Waals surface area contributed by atoms with E-state index >= 15 is 0 Å². The Bertz CT molecular complexity index is 121. The highest BCUT2D eigenvalue weighted by Gasteiger charge is 2.03. The van der Waals surface area contributed by atoms with Gasteiger partial charge in [0.1, 0.15) is 5.76 Å². The van der Waals surface area contributed by atoms with Gasteiger partial charge in [0.05, 0.1) is 12.6 Å².